The topological polar surface area (TPSA) is 59.1 Å². The van der Waals surface area contributed by atoms with Crippen molar-refractivity contribution in [1.82, 2.24) is 19.7 Å². The van der Waals surface area contributed by atoms with E-state index in [-0.39, 0.29) is 0 Å². The molecular weight excluding hydrogens is 314 g/mol. The number of nitrogens with one attached hydrogen (secondary N) is 1. The van der Waals surface area contributed by atoms with Crippen molar-refractivity contribution in [3.8, 4) is 0 Å². The third-order valence-corrected chi connectivity index (χ3v) is 4.55. The summed E-state index contributed by atoms with van der Waals surface area (Å²) in [5, 5.41) is 7.94. The van der Waals surface area contributed by atoms with E-state index in [1.165, 1.54) is 5.69 Å². The Morgan fingerprint density at radius 1 is 1.16 bits per heavy atom. The summed E-state index contributed by atoms with van der Waals surface area (Å²) in [7, 11) is 0. The van der Waals surface area contributed by atoms with Crippen molar-refractivity contribution in [3.05, 3.63) is 66.0 Å². The van der Waals surface area contributed by atoms with Crippen LogP contribution in [0.5, 0.6) is 0 Å². The van der Waals surface area contributed by atoms with Crippen LogP contribution in [0.15, 0.2) is 53.2 Å². The molecule has 0 amide bonds. The molecule has 6 nitrogen and oxygen atoms in total. The number of pyridine rings is 1. The molecule has 1 atom stereocenters. The molecule has 4 rings (SSSR count). The first-order valence-electron chi connectivity index (χ1n) is 8.69. The van der Waals surface area contributed by atoms with E-state index in [4.69, 9.17) is 4.42 Å². The van der Waals surface area contributed by atoms with Crippen LogP contribution in [-0.4, -0.2) is 32.8 Å². The minimum Gasteiger partial charge on any atom is -0.465 e. The lowest BCUT2D eigenvalue weighted by molar-refractivity contribution is 0.208. The van der Waals surface area contributed by atoms with Crippen molar-refractivity contribution in [1.29, 1.82) is 0 Å². The molecule has 0 fully saturated rings. The number of furan rings is 1. The van der Waals surface area contributed by atoms with Gasteiger partial charge in [-0.05, 0) is 37.3 Å². The lowest BCUT2D eigenvalue weighted by atomic mass is 10.1. The van der Waals surface area contributed by atoms with E-state index in [0.29, 0.717) is 5.92 Å². The van der Waals surface area contributed by atoms with Crippen LogP contribution in [0.3, 0.4) is 0 Å². The summed E-state index contributed by atoms with van der Waals surface area (Å²) in [6, 6.07) is 12.1. The summed E-state index contributed by atoms with van der Waals surface area (Å²) < 4.78 is 7.89. The Labute approximate surface area is 147 Å². The van der Waals surface area contributed by atoms with Crippen LogP contribution < -0.4 is 5.32 Å². The number of rotatable bonds is 5. The van der Waals surface area contributed by atoms with Gasteiger partial charge in [0.05, 0.1) is 12.2 Å². The summed E-state index contributed by atoms with van der Waals surface area (Å²) >= 11 is 0. The van der Waals surface area contributed by atoms with Crippen molar-refractivity contribution in [2.75, 3.05) is 18.4 Å². The second-order valence-electron chi connectivity index (χ2n) is 6.65. The molecule has 25 heavy (non-hydrogen) atoms. The molecule has 1 aliphatic heterocycles. The molecule has 3 aromatic rings. The van der Waals surface area contributed by atoms with Crippen molar-refractivity contribution >= 4 is 5.82 Å². The summed E-state index contributed by atoms with van der Waals surface area (Å²) in [4.78, 5) is 6.78. The summed E-state index contributed by atoms with van der Waals surface area (Å²) in [5.74, 6) is 3.34. The lowest BCUT2D eigenvalue weighted by Crippen LogP contribution is -2.31. The number of aryl methyl sites for hydroxylation is 1. The molecule has 3 aromatic heterocycles. The second-order valence-corrected chi connectivity index (χ2v) is 6.65. The first-order valence-corrected chi connectivity index (χ1v) is 8.69. The zero-order valence-electron chi connectivity index (χ0n) is 14.4. The third kappa shape index (κ3) is 3.91. The van der Waals surface area contributed by atoms with Gasteiger partial charge in [0.2, 0.25) is 0 Å². The molecule has 0 aromatic carbocycles. The lowest BCUT2D eigenvalue weighted by Gasteiger charge is -2.23. The van der Waals surface area contributed by atoms with E-state index < -0.39 is 0 Å². The fourth-order valence-electron chi connectivity index (χ4n) is 3.38. The number of hydrogen-bond donors (Lipinski definition) is 1. The molecule has 1 N–H and O–H groups in total. The first-order chi connectivity index (χ1) is 12.3. The highest BCUT2D eigenvalue weighted by atomic mass is 16.3. The quantitative estimate of drug-likeness (QED) is 0.776. The van der Waals surface area contributed by atoms with Gasteiger partial charge in [-0.25, -0.2) is 4.98 Å². The molecule has 130 valence electrons. The maximum Gasteiger partial charge on any atom is 0.125 e. The van der Waals surface area contributed by atoms with Gasteiger partial charge in [0.25, 0.3) is 0 Å². The van der Waals surface area contributed by atoms with Crippen LogP contribution in [0.2, 0.25) is 0 Å². The van der Waals surface area contributed by atoms with E-state index in [0.717, 1.165) is 50.1 Å². The van der Waals surface area contributed by atoms with Crippen LogP contribution in [-0.2, 0) is 19.6 Å². The van der Waals surface area contributed by atoms with Crippen LogP contribution >= 0.6 is 0 Å². The minimum atomic E-state index is 0.444. The average molecular weight is 337 g/mol. The van der Waals surface area contributed by atoms with Crippen molar-refractivity contribution in [2.24, 2.45) is 5.92 Å². The van der Waals surface area contributed by atoms with Gasteiger partial charge in [-0.2, -0.15) is 5.10 Å². The molecule has 0 saturated carbocycles. The van der Waals surface area contributed by atoms with Gasteiger partial charge >= 0.3 is 0 Å². The van der Waals surface area contributed by atoms with Crippen LogP contribution in [0.4, 0.5) is 5.82 Å². The summed E-state index contributed by atoms with van der Waals surface area (Å²) in [6.45, 7) is 6.46. The Morgan fingerprint density at radius 3 is 2.92 bits per heavy atom. The highest BCUT2D eigenvalue weighted by molar-refractivity contribution is 5.33. The Bertz CT molecular complexity index is 810. The molecule has 0 unspecified atom stereocenters. The summed E-state index contributed by atoms with van der Waals surface area (Å²) in [5.41, 5.74) is 1.25. The minimum absolute atomic E-state index is 0.444. The zero-order valence-corrected chi connectivity index (χ0v) is 14.4. The molecular formula is C19H23N5O. The van der Waals surface area contributed by atoms with Crippen molar-refractivity contribution in [2.45, 2.75) is 26.6 Å². The second kappa shape index (κ2) is 7.11. The Kier molecular flexibility index (Phi) is 4.52. The Balaban J connectivity index is 1.47. The first kappa shape index (κ1) is 15.9. The molecule has 0 aliphatic carbocycles. The van der Waals surface area contributed by atoms with Crippen LogP contribution in [0, 0.1) is 12.8 Å². The van der Waals surface area contributed by atoms with Gasteiger partial charge in [-0.1, -0.05) is 6.07 Å². The molecule has 0 radical (unpaired) electrons. The molecule has 1 aliphatic rings. The van der Waals surface area contributed by atoms with E-state index in [1.807, 2.05) is 43.6 Å². The number of hydrogen-bond acceptors (Lipinski definition) is 5. The van der Waals surface area contributed by atoms with E-state index in [9.17, 15) is 0 Å². The van der Waals surface area contributed by atoms with E-state index in [2.05, 4.69) is 37.1 Å². The molecule has 6 heteroatoms. The highest BCUT2D eigenvalue weighted by Crippen LogP contribution is 2.19. The maximum absolute atomic E-state index is 5.77. The zero-order chi connectivity index (χ0) is 17.1. The number of aromatic nitrogens is 3. The van der Waals surface area contributed by atoms with Gasteiger partial charge in [0.1, 0.15) is 17.3 Å². The van der Waals surface area contributed by atoms with Crippen LogP contribution in [0.25, 0.3) is 0 Å². The number of anilines is 1. The summed E-state index contributed by atoms with van der Waals surface area (Å²) in [6.07, 6.45) is 3.70. The fourth-order valence-corrected chi connectivity index (χ4v) is 3.38. The van der Waals surface area contributed by atoms with Crippen LogP contribution in [0.1, 0.15) is 17.2 Å². The van der Waals surface area contributed by atoms with Gasteiger partial charge in [0.15, 0.2) is 0 Å². The molecule has 0 saturated heterocycles. The molecule has 0 spiro atoms. The Morgan fingerprint density at radius 2 is 2.12 bits per heavy atom. The third-order valence-electron chi connectivity index (χ3n) is 4.55. The largest absolute Gasteiger partial charge is 0.465 e. The van der Waals surface area contributed by atoms with Gasteiger partial charge in [-0.15, -0.1) is 0 Å². The maximum atomic E-state index is 5.77. The van der Waals surface area contributed by atoms with Crippen molar-refractivity contribution < 1.29 is 4.42 Å². The SMILES string of the molecule is Cc1ccc(CN2Cc3ccnn3C[C@H](CNc3ccccn3)C2)o1. The van der Waals surface area contributed by atoms with Crippen molar-refractivity contribution in [3.63, 3.8) is 0 Å². The fraction of sp³-hybridized carbons (Fsp3) is 0.368. The van der Waals surface area contributed by atoms with E-state index >= 15 is 0 Å². The number of nitrogens with zero attached hydrogens (tertiary/aromatic N) is 4. The van der Waals surface area contributed by atoms with E-state index in [1.54, 1.807) is 0 Å². The normalized spacial score (nSPS) is 17.9. The predicted octanol–water partition coefficient (Wildman–Crippen LogP) is 2.92. The smallest absolute Gasteiger partial charge is 0.125 e. The average Bonchev–Trinajstić information content (AvgIpc) is 3.19. The monoisotopic (exact) mass is 337 g/mol. The standard InChI is InChI=1S/C19H23N5O/c1-15-5-6-18(25-15)14-23-11-16(10-21-19-4-2-3-8-20-19)12-24-17(13-23)7-9-22-24/h2-9,16H,10-14H2,1H3,(H,20,21)/t16-/m1/s1. The predicted molar refractivity (Wildman–Crippen MR) is 96.0 cm³/mol. The van der Waals surface area contributed by atoms with Gasteiger partial charge in [-0.3, -0.25) is 9.58 Å². The highest BCUT2D eigenvalue weighted by Gasteiger charge is 2.23. The molecule has 4 heterocycles. The Hall–Kier alpha value is -2.60. The van der Waals surface area contributed by atoms with Gasteiger partial charge < -0.3 is 9.73 Å². The number of fused-ring (bicyclic) bond motifs is 1. The van der Waals surface area contributed by atoms with Gasteiger partial charge in [0, 0.05) is 44.5 Å². The molecule has 0 bridgehead atoms.